The Morgan fingerprint density at radius 1 is 1.12 bits per heavy atom. The van der Waals surface area contributed by atoms with Crippen molar-refractivity contribution in [2.75, 3.05) is 19.3 Å². The van der Waals surface area contributed by atoms with Gasteiger partial charge in [0.05, 0.1) is 0 Å². The van der Waals surface area contributed by atoms with Gasteiger partial charge in [-0.3, -0.25) is 9.69 Å². The number of nitrogens with zero attached hydrogens (tertiary/aromatic N) is 1. The first-order valence-corrected chi connectivity index (χ1v) is 8.40. The number of para-hydroxylation sites is 1. The van der Waals surface area contributed by atoms with Gasteiger partial charge >= 0.3 is 0 Å². The molecule has 0 aromatic heterocycles. The van der Waals surface area contributed by atoms with Crippen LogP contribution in [0.15, 0.2) is 54.6 Å². The molecule has 1 atom stereocenters. The van der Waals surface area contributed by atoms with Gasteiger partial charge in [0, 0.05) is 31.2 Å². The van der Waals surface area contributed by atoms with Crippen molar-refractivity contribution < 1.29 is 4.79 Å². The van der Waals surface area contributed by atoms with Crippen LogP contribution in [-0.4, -0.2) is 30.4 Å². The van der Waals surface area contributed by atoms with Gasteiger partial charge in [0.2, 0.25) is 5.91 Å². The quantitative estimate of drug-likeness (QED) is 0.734. The molecule has 0 spiro atoms. The van der Waals surface area contributed by atoms with E-state index in [-0.39, 0.29) is 11.9 Å². The van der Waals surface area contributed by atoms with E-state index in [1.165, 1.54) is 5.56 Å². The molecule has 24 heavy (non-hydrogen) atoms. The monoisotopic (exact) mass is 325 g/mol. The number of amides is 1. The van der Waals surface area contributed by atoms with Crippen LogP contribution in [0.5, 0.6) is 0 Å². The van der Waals surface area contributed by atoms with Crippen LogP contribution in [-0.2, 0) is 17.8 Å². The second kappa shape index (κ2) is 9.08. The van der Waals surface area contributed by atoms with Crippen molar-refractivity contribution in [3.63, 3.8) is 0 Å². The van der Waals surface area contributed by atoms with E-state index in [0.717, 1.165) is 17.8 Å². The highest BCUT2D eigenvalue weighted by atomic mass is 16.1. The Balaban J connectivity index is 1.71. The smallest absolute Gasteiger partial charge is 0.220 e. The average molecular weight is 325 g/mol. The minimum atomic E-state index is 0.0678. The summed E-state index contributed by atoms with van der Waals surface area (Å²) in [5.41, 5.74) is 8.96. The minimum absolute atomic E-state index is 0.0678. The fourth-order valence-electron chi connectivity index (χ4n) is 2.54. The number of carbonyl (C=O) groups excluding carboxylic acids is 1. The summed E-state index contributed by atoms with van der Waals surface area (Å²) in [4.78, 5) is 14.3. The molecule has 2 aromatic rings. The third-order valence-electron chi connectivity index (χ3n) is 4.30. The first kappa shape index (κ1) is 18.0. The summed E-state index contributed by atoms with van der Waals surface area (Å²) < 4.78 is 0. The molecule has 0 saturated carbocycles. The predicted molar refractivity (Wildman–Crippen MR) is 99.6 cm³/mol. The highest BCUT2D eigenvalue weighted by Crippen LogP contribution is 2.12. The van der Waals surface area contributed by atoms with Gasteiger partial charge in [-0.25, -0.2) is 0 Å². The van der Waals surface area contributed by atoms with Crippen LogP contribution in [0.4, 0.5) is 5.69 Å². The summed E-state index contributed by atoms with van der Waals surface area (Å²) >= 11 is 0. The van der Waals surface area contributed by atoms with Gasteiger partial charge in [-0.05, 0) is 37.6 Å². The molecule has 0 bridgehead atoms. The SMILES string of the molecule is CC(CNC(=O)CCc1ccccc1N)N(C)Cc1ccccc1. The number of anilines is 1. The molecule has 2 rings (SSSR count). The molecular formula is C20H27N3O. The summed E-state index contributed by atoms with van der Waals surface area (Å²) in [6.07, 6.45) is 1.13. The fourth-order valence-corrected chi connectivity index (χ4v) is 2.54. The Hall–Kier alpha value is -2.33. The largest absolute Gasteiger partial charge is 0.399 e. The lowest BCUT2D eigenvalue weighted by Gasteiger charge is -2.25. The molecule has 0 aliphatic heterocycles. The van der Waals surface area contributed by atoms with Crippen LogP contribution >= 0.6 is 0 Å². The first-order valence-electron chi connectivity index (χ1n) is 8.40. The Kier molecular flexibility index (Phi) is 6.82. The van der Waals surface area contributed by atoms with E-state index in [0.29, 0.717) is 19.4 Å². The van der Waals surface area contributed by atoms with E-state index in [1.807, 2.05) is 42.5 Å². The predicted octanol–water partition coefficient (Wildman–Crippen LogP) is 2.84. The second-order valence-corrected chi connectivity index (χ2v) is 6.25. The van der Waals surface area contributed by atoms with Crippen molar-refractivity contribution in [2.24, 2.45) is 0 Å². The molecular weight excluding hydrogens is 298 g/mol. The summed E-state index contributed by atoms with van der Waals surface area (Å²) in [6.45, 7) is 3.64. The number of nitrogens with two attached hydrogens (primary N) is 1. The standard InChI is InChI=1S/C20H27N3O/c1-16(23(2)15-17-8-4-3-5-9-17)14-22-20(24)13-12-18-10-6-7-11-19(18)21/h3-11,16H,12-15,21H2,1-2H3,(H,22,24). The van der Waals surface area contributed by atoms with Crippen molar-refractivity contribution in [3.8, 4) is 0 Å². The second-order valence-electron chi connectivity index (χ2n) is 6.25. The highest BCUT2D eigenvalue weighted by Gasteiger charge is 2.11. The van der Waals surface area contributed by atoms with E-state index in [2.05, 4.69) is 36.3 Å². The molecule has 3 N–H and O–H groups in total. The fraction of sp³-hybridized carbons (Fsp3) is 0.350. The zero-order valence-corrected chi connectivity index (χ0v) is 14.5. The van der Waals surface area contributed by atoms with Gasteiger partial charge in [0.25, 0.3) is 0 Å². The zero-order chi connectivity index (χ0) is 17.4. The maximum Gasteiger partial charge on any atom is 0.220 e. The van der Waals surface area contributed by atoms with Crippen LogP contribution in [0.3, 0.4) is 0 Å². The number of aryl methyl sites for hydroxylation is 1. The number of benzene rings is 2. The lowest BCUT2D eigenvalue weighted by atomic mass is 10.1. The molecule has 0 aliphatic carbocycles. The summed E-state index contributed by atoms with van der Waals surface area (Å²) in [5, 5.41) is 3.02. The Morgan fingerprint density at radius 3 is 2.50 bits per heavy atom. The molecule has 128 valence electrons. The molecule has 4 nitrogen and oxygen atoms in total. The molecule has 0 radical (unpaired) electrons. The average Bonchev–Trinajstić information content (AvgIpc) is 2.59. The van der Waals surface area contributed by atoms with Crippen molar-refractivity contribution >= 4 is 11.6 Å². The normalized spacial score (nSPS) is 12.1. The molecule has 0 saturated heterocycles. The third-order valence-corrected chi connectivity index (χ3v) is 4.30. The van der Waals surface area contributed by atoms with Crippen molar-refractivity contribution in [3.05, 3.63) is 65.7 Å². The first-order chi connectivity index (χ1) is 11.6. The van der Waals surface area contributed by atoms with Gasteiger partial charge in [-0.1, -0.05) is 48.5 Å². The number of likely N-dealkylation sites (N-methyl/N-ethyl adjacent to an activating group) is 1. The summed E-state index contributed by atoms with van der Waals surface area (Å²) in [7, 11) is 2.08. The molecule has 1 unspecified atom stereocenters. The summed E-state index contributed by atoms with van der Waals surface area (Å²) in [6, 6.07) is 18.3. The number of rotatable bonds is 8. The topological polar surface area (TPSA) is 58.4 Å². The van der Waals surface area contributed by atoms with Gasteiger partial charge in [0.1, 0.15) is 0 Å². The van der Waals surface area contributed by atoms with E-state index < -0.39 is 0 Å². The zero-order valence-electron chi connectivity index (χ0n) is 14.5. The highest BCUT2D eigenvalue weighted by molar-refractivity contribution is 5.76. The number of hydrogen-bond donors (Lipinski definition) is 2. The van der Waals surface area contributed by atoms with Crippen LogP contribution in [0.1, 0.15) is 24.5 Å². The molecule has 0 aliphatic rings. The van der Waals surface area contributed by atoms with E-state index in [1.54, 1.807) is 0 Å². The van der Waals surface area contributed by atoms with Gasteiger partial charge in [0.15, 0.2) is 0 Å². The minimum Gasteiger partial charge on any atom is -0.399 e. The molecule has 0 heterocycles. The number of nitrogens with one attached hydrogen (secondary N) is 1. The molecule has 1 amide bonds. The van der Waals surface area contributed by atoms with Crippen LogP contribution in [0, 0.1) is 0 Å². The summed E-state index contributed by atoms with van der Waals surface area (Å²) in [5.74, 6) is 0.0678. The van der Waals surface area contributed by atoms with Crippen LogP contribution in [0.25, 0.3) is 0 Å². The van der Waals surface area contributed by atoms with Crippen molar-refractivity contribution in [2.45, 2.75) is 32.4 Å². The number of carbonyl (C=O) groups is 1. The van der Waals surface area contributed by atoms with Crippen molar-refractivity contribution in [1.82, 2.24) is 10.2 Å². The van der Waals surface area contributed by atoms with E-state index in [9.17, 15) is 4.79 Å². The molecule has 2 aromatic carbocycles. The molecule has 4 heteroatoms. The van der Waals surface area contributed by atoms with Crippen LogP contribution in [0.2, 0.25) is 0 Å². The maximum atomic E-state index is 12.0. The van der Waals surface area contributed by atoms with E-state index in [4.69, 9.17) is 5.73 Å². The lowest BCUT2D eigenvalue weighted by molar-refractivity contribution is -0.121. The maximum absolute atomic E-state index is 12.0. The van der Waals surface area contributed by atoms with Crippen LogP contribution < -0.4 is 11.1 Å². The van der Waals surface area contributed by atoms with Gasteiger partial charge in [-0.2, -0.15) is 0 Å². The van der Waals surface area contributed by atoms with Crippen molar-refractivity contribution in [1.29, 1.82) is 0 Å². The number of hydrogen-bond acceptors (Lipinski definition) is 3. The van der Waals surface area contributed by atoms with E-state index >= 15 is 0 Å². The van der Waals surface area contributed by atoms with Gasteiger partial charge in [-0.15, -0.1) is 0 Å². The Bertz CT molecular complexity index is 642. The Morgan fingerprint density at radius 2 is 1.79 bits per heavy atom. The van der Waals surface area contributed by atoms with Gasteiger partial charge < -0.3 is 11.1 Å². The third kappa shape index (κ3) is 5.70. The number of nitrogen functional groups attached to an aromatic ring is 1. The molecule has 0 fully saturated rings. The Labute approximate surface area is 144 Å². The lowest BCUT2D eigenvalue weighted by Crippen LogP contribution is -2.39.